The van der Waals surface area contributed by atoms with E-state index in [4.69, 9.17) is 5.73 Å². The SMILES string of the molecule is Br.CCCCCCCCC(CC)C(N)(CC)CC. The molecule has 1 unspecified atom stereocenters. The molecule has 0 bridgehead atoms. The first-order valence-electron chi connectivity index (χ1n) is 7.93. The minimum absolute atomic E-state index is 0. The molecule has 0 saturated heterocycles. The zero-order valence-corrected chi connectivity index (χ0v) is 14.8. The van der Waals surface area contributed by atoms with Gasteiger partial charge in [0.2, 0.25) is 0 Å². The van der Waals surface area contributed by atoms with Gasteiger partial charge in [-0.1, -0.05) is 72.6 Å². The smallest absolute Gasteiger partial charge is 0.0177 e. The summed E-state index contributed by atoms with van der Waals surface area (Å²) < 4.78 is 0. The van der Waals surface area contributed by atoms with Gasteiger partial charge in [0.25, 0.3) is 0 Å². The van der Waals surface area contributed by atoms with E-state index in [-0.39, 0.29) is 22.5 Å². The maximum atomic E-state index is 6.51. The molecule has 0 aliphatic carbocycles. The van der Waals surface area contributed by atoms with Crippen molar-refractivity contribution in [1.29, 1.82) is 0 Å². The van der Waals surface area contributed by atoms with E-state index in [0.717, 1.165) is 18.8 Å². The highest BCUT2D eigenvalue weighted by atomic mass is 79.9. The maximum absolute atomic E-state index is 6.51. The predicted octanol–water partition coefficient (Wildman–Crippen LogP) is 5.86. The summed E-state index contributed by atoms with van der Waals surface area (Å²) in [5.74, 6) is 0.726. The van der Waals surface area contributed by atoms with Crippen LogP contribution < -0.4 is 5.73 Å². The van der Waals surface area contributed by atoms with Crippen LogP contribution in [0.3, 0.4) is 0 Å². The molecule has 1 nitrogen and oxygen atoms in total. The van der Waals surface area contributed by atoms with E-state index in [1.165, 1.54) is 51.4 Å². The molecule has 0 aliphatic rings. The van der Waals surface area contributed by atoms with Crippen LogP contribution in [-0.4, -0.2) is 5.54 Å². The first kappa shape index (κ1) is 20.8. The third-order valence-corrected chi connectivity index (χ3v) is 4.53. The first-order valence-corrected chi connectivity index (χ1v) is 7.93. The average molecular weight is 322 g/mol. The summed E-state index contributed by atoms with van der Waals surface area (Å²) in [6.45, 7) is 9.06. The van der Waals surface area contributed by atoms with Crippen molar-refractivity contribution in [1.82, 2.24) is 0 Å². The predicted molar refractivity (Wildman–Crippen MR) is 89.6 cm³/mol. The topological polar surface area (TPSA) is 26.0 Å². The van der Waals surface area contributed by atoms with Crippen molar-refractivity contribution in [3.8, 4) is 0 Å². The van der Waals surface area contributed by atoms with Crippen LogP contribution >= 0.6 is 17.0 Å². The second kappa shape index (κ2) is 12.5. The third-order valence-electron chi connectivity index (χ3n) is 4.53. The average Bonchev–Trinajstić information content (AvgIpc) is 2.37. The molecule has 0 aliphatic heterocycles. The molecule has 0 aromatic carbocycles. The maximum Gasteiger partial charge on any atom is 0.0177 e. The van der Waals surface area contributed by atoms with E-state index < -0.39 is 0 Å². The van der Waals surface area contributed by atoms with Crippen LogP contribution in [0, 0.1) is 5.92 Å². The minimum Gasteiger partial charge on any atom is -0.325 e. The zero-order chi connectivity index (χ0) is 13.1. The lowest BCUT2D eigenvalue weighted by Crippen LogP contribution is -2.45. The Morgan fingerprint density at radius 3 is 1.78 bits per heavy atom. The van der Waals surface area contributed by atoms with Gasteiger partial charge >= 0.3 is 0 Å². The molecule has 0 heterocycles. The number of halogens is 1. The fourth-order valence-electron chi connectivity index (χ4n) is 2.90. The Balaban J connectivity index is 0. The van der Waals surface area contributed by atoms with Crippen molar-refractivity contribution < 1.29 is 0 Å². The van der Waals surface area contributed by atoms with Crippen LogP contribution in [-0.2, 0) is 0 Å². The number of hydrogen-bond acceptors (Lipinski definition) is 1. The summed E-state index contributed by atoms with van der Waals surface area (Å²) in [5.41, 5.74) is 6.61. The summed E-state index contributed by atoms with van der Waals surface area (Å²) in [6.07, 6.45) is 13.2. The monoisotopic (exact) mass is 321 g/mol. The van der Waals surface area contributed by atoms with Crippen molar-refractivity contribution in [3.63, 3.8) is 0 Å². The van der Waals surface area contributed by atoms with Crippen LogP contribution in [0.25, 0.3) is 0 Å². The molecule has 0 saturated carbocycles. The number of nitrogens with two attached hydrogens (primary N) is 1. The van der Waals surface area contributed by atoms with E-state index in [2.05, 4.69) is 27.7 Å². The fraction of sp³-hybridized carbons (Fsp3) is 1.00. The molecule has 0 radical (unpaired) electrons. The van der Waals surface area contributed by atoms with E-state index in [1.54, 1.807) is 0 Å². The van der Waals surface area contributed by atoms with Crippen molar-refractivity contribution >= 4 is 17.0 Å². The van der Waals surface area contributed by atoms with Crippen molar-refractivity contribution in [2.75, 3.05) is 0 Å². The normalized spacial score (nSPS) is 13.2. The molecule has 0 aromatic heterocycles. The highest BCUT2D eigenvalue weighted by Crippen LogP contribution is 2.29. The quantitative estimate of drug-likeness (QED) is 0.474. The number of unbranched alkanes of at least 4 members (excludes halogenated alkanes) is 5. The molecule has 0 amide bonds. The van der Waals surface area contributed by atoms with Gasteiger partial charge in [0, 0.05) is 5.54 Å². The highest BCUT2D eigenvalue weighted by Gasteiger charge is 2.29. The van der Waals surface area contributed by atoms with Gasteiger partial charge in [-0.2, -0.15) is 0 Å². The van der Waals surface area contributed by atoms with Crippen LogP contribution in [0.4, 0.5) is 0 Å². The summed E-state index contributed by atoms with van der Waals surface area (Å²) in [4.78, 5) is 0. The Morgan fingerprint density at radius 2 is 1.33 bits per heavy atom. The largest absolute Gasteiger partial charge is 0.325 e. The molecular formula is C16H36BrN. The van der Waals surface area contributed by atoms with Crippen LogP contribution in [0.2, 0.25) is 0 Å². The lowest BCUT2D eigenvalue weighted by Gasteiger charge is -2.36. The van der Waals surface area contributed by atoms with Gasteiger partial charge in [0.05, 0.1) is 0 Å². The standard InChI is InChI=1S/C16H35N.BrH/c1-5-9-10-11-12-13-14-15(6-2)16(17,7-3)8-4;/h15H,5-14,17H2,1-4H3;1H. The molecule has 0 fully saturated rings. The van der Waals surface area contributed by atoms with Gasteiger partial charge in [0.15, 0.2) is 0 Å². The second-order valence-corrected chi connectivity index (χ2v) is 5.60. The van der Waals surface area contributed by atoms with Crippen LogP contribution in [0.1, 0.15) is 91.9 Å². The molecule has 18 heavy (non-hydrogen) atoms. The third kappa shape index (κ3) is 7.78. The Hall–Kier alpha value is 0.440. The van der Waals surface area contributed by atoms with Gasteiger partial charge in [-0.3, -0.25) is 0 Å². The highest BCUT2D eigenvalue weighted by molar-refractivity contribution is 8.93. The minimum atomic E-state index is 0. The van der Waals surface area contributed by atoms with E-state index >= 15 is 0 Å². The van der Waals surface area contributed by atoms with Gasteiger partial charge in [0.1, 0.15) is 0 Å². The van der Waals surface area contributed by atoms with Gasteiger partial charge in [-0.05, 0) is 25.2 Å². The molecule has 0 aromatic rings. The molecule has 1 atom stereocenters. The zero-order valence-electron chi connectivity index (χ0n) is 13.1. The molecule has 2 heteroatoms. The first-order chi connectivity index (χ1) is 8.14. The molecule has 112 valence electrons. The van der Waals surface area contributed by atoms with Crippen molar-refractivity contribution in [2.45, 2.75) is 97.4 Å². The summed E-state index contributed by atoms with van der Waals surface area (Å²) in [5, 5.41) is 0. The van der Waals surface area contributed by atoms with Gasteiger partial charge < -0.3 is 5.73 Å². The lowest BCUT2D eigenvalue weighted by molar-refractivity contribution is 0.225. The number of rotatable bonds is 11. The van der Waals surface area contributed by atoms with E-state index in [9.17, 15) is 0 Å². The lowest BCUT2D eigenvalue weighted by atomic mass is 9.76. The van der Waals surface area contributed by atoms with Crippen molar-refractivity contribution in [3.05, 3.63) is 0 Å². The van der Waals surface area contributed by atoms with Gasteiger partial charge in [-0.25, -0.2) is 0 Å². The Bertz CT molecular complexity index is 166. The van der Waals surface area contributed by atoms with E-state index in [1.807, 2.05) is 0 Å². The second-order valence-electron chi connectivity index (χ2n) is 5.60. The Morgan fingerprint density at radius 1 is 0.833 bits per heavy atom. The number of hydrogen-bond donors (Lipinski definition) is 1. The molecular weight excluding hydrogens is 286 g/mol. The van der Waals surface area contributed by atoms with E-state index in [0.29, 0.717) is 0 Å². The molecule has 2 N–H and O–H groups in total. The summed E-state index contributed by atoms with van der Waals surface area (Å²) >= 11 is 0. The van der Waals surface area contributed by atoms with Gasteiger partial charge in [-0.15, -0.1) is 17.0 Å². The molecule has 0 spiro atoms. The van der Waals surface area contributed by atoms with Crippen LogP contribution in [0.15, 0.2) is 0 Å². The summed E-state index contributed by atoms with van der Waals surface area (Å²) in [7, 11) is 0. The summed E-state index contributed by atoms with van der Waals surface area (Å²) in [6, 6.07) is 0. The fourth-order valence-corrected chi connectivity index (χ4v) is 2.90. The Labute approximate surface area is 126 Å². The van der Waals surface area contributed by atoms with Crippen molar-refractivity contribution in [2.24, 2.45) is 11.7 Å². The Kier molecular flexibility index (Phi) is 14.4. The van der Waals surface area contributed by atoms with Crippen LogP contribution in [0.5, 0.6) is 0 Å². The molecule has 0 rings (SSSR count).